The molecule has 0 unspecified atom stereocenters. The molecule has 1 N–H and O–H groups in total. The fourth-order valence-electron chi connectivity index (χ4n) is 1.68. The van der Waals surface area contributed by atoms with E-state index in [9.17, 15) is 0 Å². The third kappa shape index (κ3) is 3.72. The third-order valence-electron chi connectivity index (χ3n) is 2.73. The van der Waals surface area contributed by atoms with Gasteiger partial charge in [0.1, 0.15) is 0 Å². The van der Waals surface area contributed by atoms with E-state index in [1.54, 1.807) is 23.5 Å². The highest BCUT2D eigenvalue weighted by Crippen LogP contribution is 2.20. The normalized spacial score (nSPS) is 10.3. The van der Waals surface area contributed by atoms with Crippen molar-refractivity contribution in [3.8, 4) is 0 Å². The van der Waals surface area contributed by atoms with Gasteiger partial charge in [0.25, 0.3) is 0 Å². The van der Waals surface area contributed by atoms with Crippen LogP contribution in [0.1, 0.15) is 5.56 Å². The van der Waals surface area contributed by atoms with Crippen molar-refractivity contribution in [3.05, 3.63) is 54.1 Å². The Morgan fingerprint density at radius 3 is 2.28 bits per heavy atom. The highest BCUT2D eigenvalue weighted by Gasteiger charge is 1.96. The maximum atomic E-state index is 3.45. The van der Waals surface area contributed by atoms with Crippen molar-refractivity contribution in [3.63, 3.8) is 0 Å². The Labute approximate surface area is 117 Å². The standard InChI is InChI=1S/C15H17NS2/c1-17-14-8-6-12(7-9-14)11-16-13-4-3-5-15(10-13)18-2/h3-10,16H,11H2,1-2H3. The van der Waals surface area contributed by atoms with E-state index < -0.39 is 0 Å². The van der Waals surface area contributed by atoms with Crippen LogP contribution in [0, 0.1) is 0 Å². The van der Waals surface area contributed by atoms with Crippen LogP contribution in [-0.2, 0) is 6.54 Å². The second kappa shape index (κ2) is 6.76. The van der Waals surface area contributed by atoms with Crippen LogP contribution in [-0.4, -0.2) is 12.5 Å². The van der Waals surface area contributed by atoms with Gasteiger partial charge in [0, 0.05) is 22.0 Å². The molecule has 3 heteroatoms. The number of rotatable bonds is 5. The fourth-order valence-corrected chi connectivity index (χ4v) is 2.55. The van der Waals surface area contributed by atoms with Crippen molar-refractivity contribution >= 4 is 29.2 Å². The molecular weight excluding hydrogens is 258 g/mol. The first-order valence-electron chi connectivity index (χ1n) is 5.82. The second-order valence-electron chi connectivity index (χ2n) is 3.93. The van der Waals surface area contributed by atoms with E-state index in [2.05, 4.69) is 66.4 Å². The minimum Gasteiger partial charge on any atom is -0.381 e. The molecule has 0 atom stereocenters. The SMILES string of the molecule is CSc1ccc(CNc2cccc(SC)c2)cc1. The van der Waals surface area contributed by atoms with Crippen molar-refractivity contribution in [2.24, 2.45) is 0 Å². The monoisotopic (exact) mass is 275 g/mol. The molecule has 2 aromatic rings. The average Bonchev–Trinajstić information content (AvgIpc) is 2.46. The molecule has 0 aliphatic rings. The molecule has 18 heavy (non-hydrogen) atoms. The number of nitrogens with one attached hydrogen (secondary N) is 1. The van der Waals surface area contributed by atoms with Crippen molar-refractivity contribution < 1.29 is 0 Å². The largest absolute Gasteiger partial charge is 0.381 e. The summed E-state index contributed by atoms with van der Waals surface area (Å²) in [5.74, 6) is 0. The second-order valence-corrected chi connectivity index (χ2v) is 5.69. The molecule has 0 radical (unpaired) electrons. The number of thioether (sulfide) groups is 2. The molecule has 0 aromatic heterocycles. The summed E-state index contributed by atoms with van der Waals surface area (Å²) < 4.78 is 0. The lowest BCUT2D eigenvalue weighted by atomic mass is 10.2. The van der Waals surface area contributed by atoms with E-state index in [4.69, 9.17) is 0 Å². The van der Waals surface area contributed by atoms with Gasteiger partial charge in [-0.2, -0.15) is 0 Å². The predicted molar refractivity (Wildman–Crippen MR) is 83.8 cm³/mol. The Balaban J connectivity index is 1.97. The van der Waals surface area contributed by atoms with Crippen LogP contribution in [0.4, 0.5) is 5.69 Å². The molecule has 0 aliphatic carbocycles. The Hall–Kier alpha value is -1.06. The summed E-state index contributed by atoms with van der Waals surface area (Å²) >= 11 is 3.54. The zero-order valence-corrected chi connectivity index (χ0v) is 12.3. The molecule has 2 aromatic carbocycles. The molecule has 0 saturated heterocycles. The van der Waals surface area contributed by atoms with E-state index >= 15 is 0 Å². The van der Waals surface area contributed by atoms with Gasteiger partial charge < -0.3 is 5.32 Å². The molecule has 0 saturated carbocycles. The number of benzene rings is 2. The molecular formula is C15H17NS2. The van der Waals surface area contributed by atoms with Gasteiger partial charge in [-0.15, -0.1) is 23.5 Å². The molecule has 1 nitrogen and oxygen atoms in total. The summed E-state index contributed by atoms with van der Waals surface area (Å²) in [6.45, 7) is 0.868. The highest BCUT2D eigenvalue weighted by molar-refractivity contribution is 7.98. The zero-order chi connectivity index (χ0) is 12.8. The van der Waals surface area contributed by atoms with E-state index in [1.807, 2.05) is 0 Å². The first kappa shape index (κ1) is 13.4. The van der Waals surface area contributed by atoms with Gasteiger partial charge in [0.15, 0.2) is 0 Å². The van der Waals surface area contributed by atoms with Crippen molar-refractivity contribution in [1.29, 1.82) is 0 Å². The summed E-state index contributed by atoms with van der Waals surface area (Å²) in [5.41, 5.74) is 2.48. The lowest BCUT2D eigenvalue weighted by molar-refractivity contribution is 1.14. The van der Waals surface area contributed by atoms with Crippen molar-refractivity contribution in [1.82, 2.24) is 0 Å². The van der Waals surface area contributed by atoms with Gasteiger partial charge in [-0.1, -0.05) is 18.2 Å². The summed E-state index contributed by atoms with van der Waals surface area (Å²) in [6, 6.07) is 17.2. The summed E-state index contributed by atoms with van der Waals surface area (Å²) in [5, 5.41) is 3.45. The first-order chi connectivity index (χ1) is 8.81. The molecule has 0 bridgehead atoms. The van der Waals surface area contributed by atoms with Crippen LogP contribution in [0.3, 0.4) is 0 Å². The molecule has 0 heterocycles. The predicted octanol–water partition coefficient (Wildman–Crippen LogP) is 4.74. The number of hydrogen-bond donors (Lipinski definition) is 1. The molecule has 0 amide bonds. The first-order valence-corrected chi connectivity index (χ1v) is 8.27. The minimum atomic E-state index is 0.868. The minimum absolute atomic E-state index is 0.868. The highest BCUT2D eigenvalue weighted by atomic mass is 32.2. The topological polar surface area (TPSA) is 12.0 Å². The van der Waals surface area contributed by atoms with Gasteiger partial charge in [-0.05, 0) is 48.4 Å². The summed E-state index contributed by atoms with van der Waals surface area (Å²) in [7, 11) is 0. The van der Waals surface area contributed by atoms with E-state index in [0.29, 0.717) is 0 Å². The zero-order valence-electron chi connectivity index (χ0n) is 10.6. The number of anilines is 1. The summed E-state index contributed by atoms with van der Waals surface area (Å²) in [6.07, 6.45) is 4.20. The molecule has 0 aliphatic heterocycles. The van der Waals surface area contributed by atoms with Crippen LogP contribution in [0.5, 0.6) is 0 Å². The van der Waals surface area contributed by atoms with Gasteiger partial charge in [0.05, 0.1) is 0 Å². The molecule has 2 rings (SSSR count). The summed E-state index contributed by atoms with van der Waals surface area (Å²) in [4.78, 5) is 2.60. The van der Waals surface area contributed by atoms with Gasteiger partial charge in [-0.25, -0.2) is 0 Å². The van der Waals surface area contributed by atoms with E-state index in [-0.39, 0.29) is 0 Å². The van der Waals surface area contributed by atoms with Crippen LogP contribution in [0.2, 0.25) is 0 Å². The molecule has 0 spiro atoms. The van der Waals surface area contributed by atoms with Crippen LogP contribution in [0.15, 0.2) is 58.3 Å². The lowest BCUT2D eigenvalue weighted by Gasteiger charge is -2.08. The van der Waals surface area contributed by atoms with Crippen LogP contribution >= 0.6 is 23.5 Å². The Kier molecular flexibility index (Phi) is 5.02. The molecule has 0 fully saturated rings. The maximum Gasteiger partial charge on any atom is 0.0400 e. The Morgan fingerprint density at radius 2 is 1.61 bits per heavy atom. The van der Waals surface area contributed by atoms with Crippen LogP contribution < -0.4 is 5.32 Å². The Bertz CT molecular complexity index is 494. The Morgan fingerprint density at radius 1 is 0.889 bits per heavy atom. The van der Waals surface area contributed by atoms with E-state index in [1.165, 1.54) is 21.0 Å². The smallest absolute Gasteiger partial charge is 0.0400 e. The average molecular weight is 275 g/mol. The number of hydrogen-bond acceptors (Lipinski definition) is 3. The van der Waals surface area contributed by atoms with Crippen molar-refractivity contribution in [2.75, 3.05) is 17.8 Å². The quantitative estimate of drug-likeness (QED) is 0.791. The van der Waals surface area contributed by atoms with Crippen LogP contribution in [0.25, 0.3) is 0 Å². The maximum absolute atomic E-state index is 3.45. The van der Waals surface area contributed by atoms with Crippen molar-refractivity contribution in [2.45, 2.75) is 16.3 Å². The lowest BCUT2D eigenvalue weighted by Crippen LogP contribution is -1.99. The van der Waals surface area contributed by atoms with Gasteiger partial charge >= 0.3 is 0 Å². The van der Waals surface area contributed by atoms with Gasteiger partial charge in [-0.3, -0.25) is 0 Å². The van der Waals surface area contributed by atoms with Gasteiger partial charge in [0.2, 0.25) is 0 Å². The fraction of sp³-hybridized carbons (Fsp3) is 0.200. The molecule has 94 valence electrons. The van der Waals surface area contributed by atoms with E-state index in [0.717, 1.165) is 6.54 Å². The third-order valence-corrected chi connectivity index (χ3v) is 4.19.